The van der Waals surface area contributed by atoms with Crippen LogP contribution in [-0.4, -0.2) is 56.7 Å². The minimum absolute atomic E-state index is 0.0932. The number of rotatable bonds is 8. The summed E-state index contributed by atoms with van der Waals surface area (Å²) in [4.78, 5) is 18.5. The van der Waals surface area contributed by atoms with Crippen LogP contribution in [0.2, 0.25) is 0 Å². The molecule has 0 aromatic heterocycles. The largest absolute Gasteiger partial charge is 0.380 e. The number of amides is 1. The molecule has 0 spiro atoms. The van der Waals surface area contributed by atoms with Crippen molar-refractivity contribution in [1.82, 2.24) is 15.5 Å². The number of benzene rings is 1. The zero-order valence-corrected chi connectivity index (χ0v) is 16.3. The summed E-state index contributed by atoms with van der Waals surface area (Å²) in [6.45, 7) is 8.15. The second-order valence-electron chi connectivity index (χ2n) is 6.98. The van der Waals surface area contributed by atoms with Crippen LogP contribution in [0.15, 0.2) is 29.3 Å². The highest BCUT2D eigenvalue weighted by atomic mass is 16.5. The van der Waals surface area contributed by atoms with Crippen LogP contribution in [0.4, 0.5) is 0 Å². The average molecular weight is 361 g/mol. The maximum absolute atomic E-state index is 12.5. The van der Waals surface area contributed by atoms with Gasteiger partial charge in [0.1, 0.15) is 0 Å². The van der Waals surface area contributed by atoms with E-state index >= 15 is 0 Å². The Balaban J connectivity index is 1.66. The van der Waals surface area contributed by atoms with E-state index in [9.17, 15) is 4.79 Å². The van der Waals surface area contributed by atoms with E-state index in [2.05, 4.69) is 47.7 Å². The van der Waals surface area contributed by atoms with Crippen LogP contribution in [0, 0.1) is 5.92 Å². The van der Waals surface area contributed by atoms with E-state index in [1.165, 1.54) is 11.1 Å². The second-order valence-corrected chi connectivity index (χ2v) is 6.98. The molecular formula is C20H32N4O2. The molecule has 0 unspecified atom stereocenters. The van der Waals surface area contributed by atoms with Crippen molar-refractivity contribution in [3.8, 4) is 0 Å². The fraction of sp³-hybridized carbons (Fsp3) is 0.600. The Hall–Kier alpha value is -2.08. The van der Waals surface area contributed by atoms with Gasteiger partial charge >= 0.3 is 0 Å². The first-order valence-corrected chi connectivity index (χ1v) is 9.47. The molecule has 2 rings (SSSR count). The fourth-order valence-electron chi connectivity index (χ4n) is 2.86. The quantitative estimate of drug-likeness (QED) is 0.421. The summed E-state index contributed by atoms with van der Waals surface area (Å²) in [5, 5.41) is 6.27. The van der Waals surface area contributed by atoms with Crippen LogP contribution in [0.3, 0.4) is 0 Å². The first-order valence-electron chi connectivity index (χ1n) is 9.47. The van der Waals surface area contributed by atoms with Gasteiger partial charge < -0.3 is 20.3 Å². The van der Waals surface area contributed by atoms with Gasteiger partial charge in [-0.3, -0.25) is 9.79 Å². The predicted molar refractivity (Wildman–Crippen MR) is 105 cm³/mol. The smallest absolute Gasteiger partial charge is 0.242 e. The van der Waals surface area contributed by atoms with E-state index in [-0.39, 0.29) is 12.5 Å². The normalized spacial score (nSPS) is 14.3. The van der Waals surface area contributed by atoms with E-state index in [1.54, 1.807) is 7.05 Å². The summed E-state index contributed by atoms with van der Waals surface area (Å²) in [5.74, 6) is 1.38. The number of hydrogen-bond donors (Lipinski definition) is 2. The van der Waals surface area contributed by atoms with Gasteiger partial charge in [0.2, 0.25) is 5.91 Å². The van der Waals surface area contributed by atoms with Crippen molar-refractivity contribution in [3.05, 3.63) is 35.4 Å². The Kier molecular flexibility index (Phi) is 8.41. The van der Waals surface area contributed by atoms with E-state index < -0.39 is 0 Å². The van der Waals surface area contributed by atoms with Gasteiger partial charge in [-0.05, 0) is 29.9 Å². The van der Waals surface area contributed by atoms with Crippen molar-refractivity contribution < 1.29 is 9.53 Å². The Bertz CT molecular complexity index is 601. The number of aliphatic imine (C=N–C) groups is 1. The number of hydrogen-bond acceptors (Lipinski definition) is 3. The van der Waals surface area contributed by atoms with Gasteiger partial charge in [-0.15, -0.1) is 0 Å². The lowest BCUT2D eigenvalue weighted by atomic mass is 10.00. The molecule has 1 aromatic rings. The molecule has 1 amide bonds. The summed E-state index contributed by atoms with van der Waals surface area (Å²) >= 11 is 0. The molecule has 2 N–H and O–H groups in total. The average Bonchev–Trinajstić information content (AvgIpc) is 2.66. The molecule has 1 aliphatic heterocycles. The standard InChI is InChI=1S/C20H32N4O2/c1-16(2)9-12-26-13-10-22-20(21-3)23-14-19(25)24-11-8-17-6-4-5-7-18(17)15-24/h4-7,16H,8-15H2,1-3H3,(H2,21,22,23). The molecule has 0 fully saturated rings. The monoisotopic (exact) mass is 360 g/mol. The first-order chi connectivity index (χ1) is 12.6. The molecule has 0 saturated carbocycles. The maximum atomic E-state index is 12.5. The summed E-state index contributed by atoms with van der Waals surface area (Å²) in [5.41, 5.74) is 2.59. The minimum atomic E-state index is 0.0932. The van der Waals surface area contributed by atoms with Gasteiger partial charge in [0.05, 0.1) is 13.2 Å². The molecule has 144 valence electrons. The summed E-state index contributed by atoms with van der Waals surface area (Å²) in [6.07, 6.45) is 1.99. The molecule has 1 heterocycles. The highest BCUT2D eigenvalue weighted by molar-refractivity contribution is 5.86. The van der Waals surface area contributed by atoms with Crippen molar-refractivity contribution in [3.63, 3.8) is 0 Å². The number of nitrogens with one attached hydrogen (secondary N) is 2. The second kappa shape index (κ2) is 10.8. The lowest BCUT2D eigenvalue weighted by molar-refractivity contribution is -0.130. The first kappa shape index (κ1) is 20.2. The number of carbonyl (C=O) groups is 1. The highest BCUT2D eigenvalue weighted by Crippen LogP contribution is 2.18. The van der Waals surface area contributed by atoms with Gasteiger partial charge in [0.15, 0.2) is 5.96 Å². The van der Waals surface area contributed by atoms with Crippen molar-refractivity contribution in [2.24, 2.45) is 10.9 Å². The van der Waals surface area contributed by atoms with Crippen LogP contribution in [0.1, 0.15) is 31.4 Å². The summed E-state index contributed by atoms with van der Waals surface area (Å²) < 4.78 is 5.57. The van der Waals surface area contributed by atoms with Crippen molar-refractivity contribution in [2.45, 2.75) is 33.2 Å². The number of ether oxygens (including phenoxy) is 1. The zero-order valence-electron chi connectivity index (χ0n) is 16.3. The van der Waals surface area contributed by atoms with Crippen LogP contribution < -0.4 is 10.6 Å². The van der Waals surface area contributed by atoms with Crippen LogP contribution in [0.5, 0.6) is 0 Å². The molecule has 6 nitrogen and oxygen atoms in total. The molecule has 0 radical (unpaired) electrons. The molecule has 0 saturated heterocycles. The number of guanidine groups is 1. The summed E-state index contributed by atoms with van der Waals surface area (Å²) in [6, 6.07) is 8.33. The van der Waals surface area contributed by atoms with Crippen LogP contribution in [-0.2, 0) is 22.5 Å². The molecule has 26 heavy (non-hydrogen) atoms. The Morgan fingerprint density at radius 3 is 2.73 bits per heavy atom. The molecular weight excluding hydrogens is 328 g/mol. The number of fused-ring (bicyclic) bond motifs is 1. The molecule has 0 atom stereocenters. The lowest BCUT2D eigenvalue weighted by Gasteiger charge is -2.29. The Morgan fingerprint density at radius 2 is 2.00 bits per heavy atom. The molecule has 1 aliphatic rings. The van der Waals surface area contributed by atoms with Gasteiger partial charge in [0, 0.05) is 33.3 Å². The third-order valence-electron chi connectivity index (χ3n) is 4.49. The third kappa shape index (κ3) is 6.67. The van der Waals surface area contributed by atoms with Gasteiger partial charge in [-0.1, -0.05) is 38.1 Å². The van der Waals surface area contributed by atoms with Crippen molar-refractivity contribution in [2.75, 3.05) is 39.9 Å². The predicted octanol–water partition coefficient (Wildman–Crippen LogP) is 1.80. The van der Waals surface area contributed by atoms with Crippen molar-refractivity contribution in [1.29, 1.82) is 0 Å². The van der Waals surface area contributed by atoms with Gasteiger partial charge in [-0.25, -0.2) is 0 Å². The van der Waals surface area contributed by atoms with E-state index in [4.69, 9.17) is 4.74 Å². The fourth-order valence-corrected chi connectivity index (χ4v) is 2.86. The van der Waals surface area contributed by atoms with E-state index in [1.807, 2.05) is 11.0 Å². The minimum Gasteiger partial charge on any atom is -0.380 e. The molecule has 0 bridgehead atoms. The maximum Gasteiger partial charge on any atom is 0.242 e. The van der Waals surface area contributed by atoms with E-state index in [0.29, 0.717) is 31.6 Å². The summed E-state index contributed by atoms with van der Waals surface area (Å²) in [7, 11) is 1.70. The Morgan fingerprint density at radius 1 is 1.23 bits per heavy atom. The topological polar surface area (TPSA) is 66.0 Å². The lowest BCUT2D eigenvalue weighted by Crippen LogP contribution is -2.46. The number of nitrogens with zero attached hydrogens (tertiary/aromatic N) is 2. The molecule has 1 aromatic carbocycles. The van der Waals surface area contributed by atoms with E-state index in [0.717, 1.165) is 26.0 Å². The Labute approximate surface area is 157 Å². The van der Waals surface area contributed by atoms with Crippen LogP contribution >= 0.6 is 0 Å². The van der Waals surface area contributed by atoms with Crippen molar-refractivity contribution >= 4 is 11.9 Å². The molecule has 6 heteroatoms. The zero-order chi connectivity index (χ0) is 18.8. The SMILES string of the molecule is CN=C(NCCOCCC(C)C)NCC(=O)N1CCc2ccccc2C1. The van der Waals surface area contributed by atoms with Gasteiger partial charge in [-0.2, -0.15) is 0 Å². The highest BCUT2D eigenvalue weighted by Gasteiger charge is 2.20. The third-order valence-corrected chi connectivity index (χ3v) is 4.49. The van der Waals surface area contributed by atoms with Gasteiger partial charge in [0.25, 0.3) is 0 Å². The molecule has 0 aliphatic carbocycles. The number of carbonyl (C=O) groups excluding carboxylic acids is 1. The van der Waals surface area contributed by atoms with Crippen LogP contribution in [0.25, 0.3) is 0 Å².